The van der Waals surface area contributed by atoms with E-state index in [-0.39, 0.29) is 17.3 Å². The van der Waals surface area contributed by atoms with Gasteiger partial charge in [-0.25, -0.2) is 0 Å². The number of ether oxygens (including phenoxy) is 1. The Hall–Kier alpha value is -1.85. The maximum absolute atomic E-state index is 11.9. The molecule has 2 heterocycles. The Balaban J connectivity index is 2.00. The predicted molar refractivity (Wildman–Crippen MR) is 68.8 cm³/mol. The maximum Gasteiger partial charge on any atom is 0.307 e. The van der Waals surface area contributed by atoms with Gasteiger partial charge in [0.25, 0.3) is 6.04 Å². The molecule has 3 rings (SSSR count). The van der Waals surface area contributed by atoms with Gasteiger partial charge < -0.3 is 9.15 Å². The normalized spacial score (nSPS) is 29.1. The predicted octanol–water partition coefficient (Wildman–Crippen LogP) is 2.66. The van der Waals surface area contributed by atoms with Crippen LogP contribution in [0.15, 0.2) is 22.8 Å². The van der Waals surface area contributed by atoms with Crippen molar-refractivity contribution in [3.8, 4) is 0 Å². The van der Waals surface area contributed by atoms with E-state index in [0.717, 1.165) is 19.3 Å². The third-order valence-corrected chi connectivity index (χ3v) is 4.46. The number of carbonyl (C=O) groups excluding carboxylic acids is 1. The number of nitrogens with zero attached hydrogens (tertiary/aromatic N) is 1. The van der Waals surface area contributed by atoms with Gasteiger partial charge in [-0.3, -0.25) is 14.9 Å². The van der Waals surface area contributed by atoms with E-state index in [1.165, 1.54) is 6.26 Å². The van der Waals surface area contributed by atoms with Crippen LogP contribution >= 0.6 is 0 Å². The van der Waals surface area contributed by atoms with Gasteiger partial charge in [-0.2, -0.15) is 0 Å². The van der Waals surface area contributed by atoms with E-state index in [0.29, 0.717) is 18.6 Å². The zero-order chi connectivity index (χ0) is 14.2. The van der Waals surface area contributed by atoms with Crippen LogP contribution in [0, 0.1) is 10.1 Å². The average Bonchev–Trinajstić information content (AvgIpc) is 2.91. The highest BCUT2D eigenvalue weighted by Crippen LogP contribution is 2.46. The standard InChI is InChI=1S/C14H17NO5/c16-12-9-10(11-5-4-8-19-11)13(15(17)18)14(20-12)6-2-1-3-7-14/h4-5,8,10,13H,1-3,6-7,9H2/t10-,13+/m0/s1. The van der Waals surface area contributed by atoms with E-state index in [9.17, 15) is 14.9 Å². The zero-order valence-electron chi connectivity index (χ0n) is 11.1. The van der Waals surface area contributed by atoms with Gasteiger partial charge in [0.05, 0.1) is 18.6 Å². The lowest BCUT2D eigenvalue weighted by Crippen LogP contribution is -2.57. The van der Waals surface area contributed by atoms with Gasteiger partial charge in [-0.15, -0.1) is 0 Å². The Labute approximate surface area is 116 Å². The molecule has 0 N–H and O–H groups in total. The van der Waals surface area contributed by atoms with Crippen LogP contribution in [0.1, 0.15) is 50.2 Å². The van der Waals surface area contributed by atoms with Crippen molar-refractivity contribution in [3.05, 3.63) is 34.3 Å². The Morgan fingerprint density at radius 2 is 2.05 bits per heavy atom. The van der Waals surface area contributed by atoms with Crippen LogP contribution in [0.4, 0.5) is 0 Å². The van der Waals surface area contributed by atoms with Crippen LogP contribution in [-0.2, 0) is 9.53 Å². The number of carbonyl (C=O) groups is 1. The Morgan fingerprint density at radius 3 is 2.65 bits per heavy atom. The minimum atomic E-state index is -0.950. The molecule has 20 heavy (non-hydrogen) atoms. The quantitative estimate of drug-likeness (QED) is 0.472. The average molecular weight is 279 g/mol. The molecule has 1 aromatic heterocycles. The Bertz CT molecular complexity index is 504. The maximum atomic E-state index is 11.9. The highest BCUT2D eigenvalue weighted by Gasteiger charge is 2.59. The van der Waals surface area contributed by atoms with Crippen molar-refractivity contribution < 1.29 is 18.9 Å². The van der Waals surface area contributed by atoms with E-state index < -0.39 is 17.6 Å². The van der Waals surface area contributed by atoms with Crippen molar-refractivity contribution in [2.75, 3.05) is 0 Å². The van der Waals surface area contributed by atoms with Gasteiger partial charge in [-0.1, -0.05) is 6.42 Å². The minimum Gasteiger partial charge on any atom is -0.469 e. The molecule has 0 radical (unpaired) electrons. The van der Waals surface area contributed by atoms with E-state index in [1.54, 1.807) is 12.1 Å². The molecule has 1 saturated heterocycles. The largest absolute Gasteiger partial charge is 0.469 e. The van der Waals surface area contributed by atoms with Gasteiger partial charge in [0, 0.05) is 4.92 Å². The molecule has 0 bridgehead atoms. The first-order chi connectivity index (χ1) is 9.62. The van der Waals surface area contributed by atoms with Crippen LogP contribution in [0.2, 0.25) is 0 Å². The van der Waals surface area contributed by atoms with Crippen molar-refractivity contribution in [2.45, 2.75) is 56.1 Å². The fourth-order valence-corrected chi connectivity index (χ4v) is 3.63. The Morgan fingerprint density at radius 1 is 1.30 bits per heavy atom. The number of nitro groups is 1. The van der Waals surface area contributed by atoms with Gasteiger partial charge in [-0.05, 0) is 37.8 Å². The van der Waals surface area contributed by atoms with Crippen LogP contribution in [-0.4, -0.2) is 22.5 Å². The molecule has 0 aromatic carbocycles. The van der Waals surface area contributed by atoms with Gasteiger partial charge in [0.15, 0.2) is 5.60 Å². The molecule has 108 valence electrons. The van der Waals surface area contributed by atoms with Crippen molar-refractivity contribution in [1.29, 1.82) is 0 Å². The smallest absolute Gasteiger partial charge is 0.307 e. The topological polar surface area (TPSA) is 82.6 Å². The van der Waals surface area contributed by atoms with Crippen molar-refractivity contribution >= 4 is 5.97 Å². The summed E-state index contributed by atoms with van der Waals surface area (Å²) < 4.78 is 10.8. The molecule has 2 aliphatic rings. The summed E-state index contributed by atoms with van der Waals surface area (Å²) in [7, 11) is 0. The fourth-order valence-electron chi connectivity index (χ4n) is 3.63. The first-order valence-electron chi connectivity index (χ1n) is 7.01. The van der Waals surface area contributed by atoms with E-state index in [4.69, 9.17) is 9.15 Å². The number of hydrogen-bond donors (Lipinski definition) is 0. The molecule has 1 spiro atoms. The first kappa shape index (κ1) is 13.1. The number of esters is 1. The highest BCUT2D eigenvalue weighted by molar-refractivity contribution is 5.72. The van der Waals surface area contributed by atoms with E-state index in [1.807, 2.05) is 0 Å². The molecule has 0 amide bonds. The first-order valence-corrected chi connectivity index (χ1v) is 7.01. The molecule has 1 aromatic rings. The molecular weight excluding hydrogens is 262 g/mol. The summed E-state index contributed by atoms with van der Waals surface area (Å²) in [4.78, 5) is 23.2. The van der Waals surface area contributed by atoms with Crippen LogP contribution in [0.3, 0.4) is 0 Å². The molecule has 6 nitrogen and oxygen atoms in total. The van der Waals surface area contributed by atoms with E-state index >= 15 is 0 Å². The Kier molecular flexibility index (Phi) is 3.23. The summed E-state index contributed by atoms with van der Waals surface area (Å²) in [6, 6.07) is 2.49. The van der Waals surface area contributed by atoms with Crippen molar-refractivity contribution in [2.24, 2.45) is 0 Å². The van der Waals surface area contributed by atoms with Crippen LogP contribution < -0.4 is 0 Å². The summed E-state index contributed by atoms with van der Waals surface area (Å²) in [5, 5.41) is 11.6. The molecule has 1 aliphatic heterocycles. The molecule has 0 unspecified atom stereocenters. The van der Waals surface area contributed by atoms with Gasteiger partial charge in [0.2, 0.25) is 0 Å². The lowest BCUT2D eigenvalue weighted by atomic mass is 9.71. The summed E-state index contributed by atoms with van der Waals surface area (Å²) >= 11 is 0. The third-order valence-electron chi connectivity index (χ3n) is 4.46. The number of hydrogen-bond acceptors (Lipinski definition) is 5. The second-order valence-electron chi connectivity index (χ2n) is 5.66. The summed E-state index contributed by atoms with van der Waals surface area (Å²) in [5.74, 6) is -0.376. The lowest BCUT2D eigenvalue weighted by molar-refractivity contribution is -0.554. The second-order valence-corrected chi connectivity index (χ2v) is 5.66. The highest BCUT2D eigenvalue weighted by atomic mass is 16.6. The molecule has 2 atom stereocenters. The van der Waals surface area contributed by atoms with Gasteiger partial charge >= 0.3 is 5.97 Å². The minimum absolute atomic E-state index is 0.0148. The third kappa shape index (κ3) is 2.09. The molecule has 6 heteroatoms. The lowest BCUT2D eigenvalue weighted by Gasteiger charge is -2.43. The molecule has 2 fully saturated rings. The van der Waals surface area contributed by atoms with Crippen molar-refractivity contribution in [3.63, 3.8) is 0 Å². The number of rotatable bonds is 2. The van der Waals surface area contributed by atoms with Crippen molar-refractivity contribution in [1.82, 2.24) is 0 Å². The number of furan rings is 1. The summed E-state index contributed by atoms with van der Waals surface area (Å²) in [6.45, 7) is 0. The SMILES string of the molecule is O=C1C[C@@H](c2ccco2)[C@@H]([N+](=O)[O-])C2(CCCCC2)O1. The molecular formula is C14H17NO5. The monoisotopic (exact) mass is 279 g/mol. The summed E-state index contributed by atoms with van der Waals surface area (Å²) in [6.07, 6.45) is 5.41. The van der Waals surface area contributed by atoms with Crippen LogP contribution in [0.25, 0.3) is 0 Å². The van der Waals surface area contributed by atoms with Crippen LogP contribution in [0.5, 0.6) is 0 Å². The van der Waals surface area contributed by atoms with Gasteiger partial charge in [0.1, 0.15) is 5.76 Å². The fraction of sp³-hybridized carbons (Fsp3) is 0.643. The van der Waals surface area contributed by atoms with E-state index in [2.05, 4.69) is 0 Å². The molecule has 1 saturated carbocycles. The molecule has 1 aliphatic carbocycles. The zero-order valence-corrected chi connectivity index (χ0v) is 11.1. The second kappa shape index (κ2) is 4.92. The summed E-state index contributed by atoms with van der Waals surface area (Å²) in [5.41, 5.74) is -0.950.